The fraction of sp³-hybridized carbons (Fsp3) is 0.444. The van der Waals surface area contributed by atoms with Gasteiger partial charge in [-0.1, -0.05) is 26.0 Å². The Morgan fingerprint density at radius 3 is 2.68 bits per heavy atom. The number of hydrogen-bond acceptors (Lipinski definition) is 4. The lowest BCUT2D eigenvalue weighted by Crippen LogP contribution is -2.41. The highest BCUT2D eigenvalue weighted by Gasteiger charge is 2.20. The molecule has 1 aromatic carbocycles. The summed E-state index contributed by atoms with van der Waals surface area (Å²) in [4.78, 5) is 42.2. The number of carboxylic acids is 1. The summed E-state index contributed by atoms with van der Waals surface area (Å²) in [6, 6.07) is 6.20. The van der Waals surface area contributed by atoms with E-state index in [1.807, 2.05) is 19.9 Å². The highest BCUT2D eigenvalue weighted by Crippen LogP contribution is 2.08. The Bertz CT molecular complexity index is 813. The highest BCUT2D eigenvalue weighted by molar-refractivity contribution is 5.83. The molecule has 2 rings (SSSR count). The van der Waals surface area contributed by atoms with Gasteiger partial charge in [-0.2, -0.15) is 0 Å². The number of amides is 1. The van der Waals surface area contributed by atoms with E-state index in [-0.39, 0.29) is 23.8 Å². The topological polar surface area (TPSA) is 112 Å². The molecule has 0 bridgehead atoms. The van der Waals surface area contributed by atoms with E-state index in [9.17, 15) is 14.4 Å². The highest BCUT2D eigenvalue weighted by atomic mass is 16.4. The summed E-state index contributed by atoms with van der Waals surface area (Å²) in [6.45, 7) is 3.81. The Morgan fingerprint density at radius 2 is 2.00 bits per heavy atom. The molecule has 1 atom stereocenters. The summed E-state index contributed by atoms with van der Waals surface area (Å²) in [5.74, 6) is -0.638. The third-order valence-corrected chi connectivity index (χ3v) is 3.82. The molecule has 0 spiro atoms. The molecule has 1 amide bonds. The third-order valence-electron chi connectivity index (χ3n) is 3.82. The van der Waals surface area contributed by atoms with E-state index < -0.39 is 12.0 Å². The summed E-state index contributed by atoms with van der Waals surface area (Å²) in [5, 5.41) is 12.2. The Kier molecular flexibility index (Phi) is 6.27. The lowest BCUT2D eigenvalue weighted by atomic mass is 10.0. The number of aliphatic carboxylic acids is 1. The van der Waals surface area contributed by atoms with Crippen LogP contribution in [0.2, 0.25) is 0 Å². The molecule has 25 heavy (non-hydrogen) atoms. The third kappa shape index (κ3) is 5.41. The molecule has 0 aliphatic rings. The number of para-hydroxylation sites is 1. The Balaban J connectivity index is 1.90. The fourth-order valence-corrected chi connectivity index (χ4v) is 2.63. The van der Waals surface area contributed by atoms with Crippen LogP contribution in [0.1, 0.15) is 38.9 Å². The van der Waals surface area contributed by atoms with Crippen molar-refractivity contribution < 1.29 is 14.7 Å². The second-order valence-electron chi connectivity index (χ2n) is 6.47. The molecule has 134 valence electrons. The van der Waals surface area contributed by atoms with E-state index in [1.165, 1.54) is 0 Å². The van der Waals surface area contributed by atoms with Gasteiger partial charge in [0.2, 0.25) is 5.91 Å². The van der Waals surface area contributed by atoms with E-state index in [2.05, 4.69) is 15.3 Å². The van der Waals surface area contributed by atoms with Crippen molar-refractivity contribution in [2.75, 3.05) is 0 Å². The number of hydrogen-bond donors (Lipinski definition) is 3. The fourth-order valence-electron chi connectivity index (χ4n) is 2.63. The average molecular weight is 345 g/mol. The number of carbonyl (C=O) groups excluding carboxylic acids is 1. The number of carboxylic acid groups (broad SMARTS) is 1. The Hall–Kier alpha value is -2.70. The van der Waals surface area contributed by atoms with Crippen molar-refractivity contribution in [1.29, 1.82) is 0 Å². The van der Waals surface area contributed by atoms with Gasteiger partial charge in [0.15, 0.2) is 0 Å². The number of fused-ring (bicyclic) bond motifs is 1. The zero-order valence-electron chi connectivity index (χ0n) is 14.4. The molecule has 0 fully saturated rings. The van der Waals surface area contributed by atoms with E-state index >= 15 is 0 Å². The second kappa shape index (κ2) is 8.41. The van der Waals surface area contributed by atoms with Crippen LogP contribution in [0.25, 0.3) is 10.9 Å². The van der Waals surface area contributed by atoms with Gasteiger partial charge in [-0.15, -0.1) is 0 Å². The number of rotatable bonds is 8. The van der Waals surface area contributed by atoms with Gasteiger partial charge in [-0.05, 0) is 30.9 Å². The number of benzene rings is 1. The minimum atomic E-state index is -1.03. The van der Waals surface area contributed by atoms with Gasteiger partial charge in [0.05, 0.1) is 10.9 Å². The van der Waals surface area contributed by atoms with Crippen LogP contribution in [0.15, 0.2) is 29.1 Å². The molecular formula is C18H23N3O4. The zero-order chi connectivity index (χ0) is 18.4. The summed E-state index contributed by atoms with van der Waals surface area (Å²) < 4.78 is 0. The summed E-state index contributed by atoms with van der Waals surface area (Å²) in [5.41, 5.74) is 0.418. The van der Waals surface area contributed by atoms with E-state index in [0.29, 0.717) is 36.0 Å². The van der Waals surface area contributed by atoms with Crippen LogP contribution in [0.3, 0.4) is 0 Å². The first kappa shape index (κ1) is 18.6. The van der Waals surface area contributed by atoms with Crippen molar-refractivity contribution in [3.05, 3.63) is 40.4 Å². The number of H-pyrrole nitrogens is 1. The van der Waals surface area contributed by atoms with Crippen molar-refractivity contribution in [3.63, 3.8) is 0 Å². The largest absolute Gasteiger partial charge is 0.480 e. The van der Waals surface area contributed by atoms with Crippen molar-refractivity contribution >= 4 is 22.8 Å². The van der Waals surface area contributed by atoms with Gasteiger partial charge in [-0.25, -0.2) is 9.78 Å². The van der Waals surface area contributed by atoms with Gasteiger partial charge >= 0.3 is 5.97 Å². The molecule has 2 aromatic rings. The molecule has 0 aliphatic carbocycles. The van der Waals surface area contributed by atoms with Crippen molar-refractivity contribution in [2.24, 2.45) is 5.92 Å². The minimum Gasteiger partial charge on any atom is -0.480 e. The first-order chi connectivity index (χ1) is 11.9. The van der Waals surface area contributed by atoms with Crippen LogP contribution in [0.5, 0.6) is 0 Å². The normalized spacial score (nSPS) is 12.3. The van der Waals surface area contributed by atoms with E-state index in [4.69, 9.17) is 5.11 Å². The molecule has 7 heteroatoms. The van der Waals surface area contributed by atoms with Gasteiger partial charge in [0.25, 0.3) is 5.56 Å². The van der Waals surface area contributed by atoms with E-state index in [1.54, 1.807) is 18.2 Å². The molecule has 1 heterocycles. The molecule has 7 nitrogen and oxygen atoms in total. The molecule has 1 aromatic heterocycles. The lowest BCUT2D eigenvalue weighted by Gasteiger charge is -2.16. The standard InChI is InChI=1S/C18H23N3O4/c1-11(2)10-14(18(24)25)20-16(22)9-5-8-15-19-13-7-4-3-6-12(13)17(23)21-15/h3-4,6-7,11,14H,5,8-10H2,1-2H3,(H,20,22)(H,24,25)(H,19,21,23)/t14-/m1/s1. The van der Waals surface area contributed by atoms with Crippen molar-refractivity contribution in [1.82, 2.24) is 15.3 Å². The van der Waals surface area contributed by atoms with Crippen LogP contribution in [-0.2, 0) is 16.0 Å². The smallest absolute Gasteiger partial charge is 0.326 e. The van der Waals surface area contributed by atoms with Crippen LogP contribution in [0.4, 0.5) is 0 Å². The predicted molar refractivity (Wildman–Crippen MR) is 94.3 cm³/mol. The van der Waals surface area contributed by atoms with Gasteiger partial charge in [0.1, 0.15) is 11.9 Å². The number of aromatic nitrogens is 2. The monoisotopic (exact) mass is 345 g/mol. The maximum atomic E-state index is 12.0. The quantitative estimate of drug-likeness (QED) is 0.676. The van der Waals surface area contributed by atoms with E-state index in [0.717, 1.165) is 0 Å². The van der Waals surface area contributed by atoms with Crippen LogP contribution < -0.4 is 10.9 Å². The lowest BCUT2D eigenvalue weighted by molar-refractivity contribution is -0.142. The molecular weight excluding hydrogens is 322 g/mol. The number of aromatic amines is 1. The van der Waals surface area contributed by atoms with Crippen LogP contribution in [0, 0.1) is 5.92 Å². The Morgan fingerprint density at radius 1 is 1.28 bits per heavy atom. The summed E-state index contributed by atoms with van der Waals surface area (Å²) in [7, 11) is 0. The minimum absolute atomic E-state index is 0.174. The maximum absolute atomic E-state index is 12.0. The first-order valence-electron chi connectivity index (χ1n) is 8.37. The van der Waals surface area contributed by atoms with Crippen LogP contribution in [-0.4, -0.2) is 33.0 Å². The van der Waals surface area contributed by atoms with Crippen molar-refractivity contribution in [2.45, 2.75) is 45.6 Å². The molecule has 0 saturated heterocycles. The molecule has 3 N–H and O–H groups in total. The Labute approximate surface area is 145 Å². The average Bonchev–Trinajstić information content (AvgIpc) is 2.54. The number of nitrogens with zero attached hydrogens (tertiary/aromatic N) is 1. The maximum Gasteiger partial charge on any atom is 0.326 e. The number of nitrogens with one attached hydrogen (secondary N) is 2. The molecule has 0 unspecified atom stereocenters. The summed E-state index contributed by atoms with van der Waals surface area (Å²) in [6.07, 6.45) is 1.48. The van der Waals surface area contributed by atoms with Crippen molar-refractivity contribution in [3.8, 4) is 0 Å². The van der Waals surface area contributed by atoms with Gasteiger partial charge in [0, 0.05) is 12.8 Å². The number of aryl methyl sites for hydroxylation is 1. The van der Waals surface area contributed by atoms with Gasteiger partial charge in [-0.3, -0.25) is 9.59 Å². The summed E-state index contributed by atoms with van der Waals surface area (Å²) >= 11 is 0. The molecule has 0 radical (unpaired) electrons. The number of carbonyl (C=O) groups is 2. The zero-order valence-corrected chi connectivity index (χ0v) is 14.4. The first-order valence-corrected chi connectivity index (χ1v) is 8.37. The second-order valence-corrected chi connectivity index (χ2v) is 6.47. The molecule has 0 aliphatic heterocycles. The van der Waals surface area contributed by atoms with Gasteiger partial charge < -0.3 is 15.4 Å². The molecule has 0 saturated carbocycles. The SMILES string of the molecule is CC(C)C[C@@H](NC(=O)CCCc1nc2ccccc2c(=O)[nH]1)C(=O)O. The predicted octanol–water partition coefficient (Wildman–Crippen LogP) is 1.86. The van der Waals surface area contributed by atoms with Crippen LogP contribution >= 0.6 is 0 Å².